The van der Waals surface area contributed by atoms with Crippen molar-refractivity contribution in [1.29, 1.82) is 0 Å². The monoisotopic (exact) mass is 194 g/mol. The Labute approximate surface area is 85.1 Å². The average Bonchev–Trinajstić information content (AvgIpc) is 2.15. The lowest BCUT2D eigenvalue weighted by molar-refractivity contribution is 0.538. The molecule has 0 aliphatic carbocycles. The number of hydrogen-bond donors (Lipinski definition) is 2. The van der Waals surface area contributed by atoms with Crippen LogP contribution < -0.4 is 16.2 Å². The van der Waals surface area contributed by atoms with Crippen LogP contribution in [0.4, 0.5) is 11.5 Å². The van der Waals surface area contributed by atoms with Crippen molar-refractivity contribution in [3.8, 4) is 0 Å². The number of pyridine rings is 1. The van der Waals surface area contributed by atoms with Crippen LogP contribution in [0.15, 0.2) is 18.3 Å². The summed E-state index contributed by atoms with van der Waals surface area (Å²) in [6.07, 6.45) is 1.74. The molecule has 0 amide bonds. The fourth-order valence-electron chi connectivity index (χ4n) is 1.09. The number of nitrogens with two attached hydrogens (primary N) is 1. The molecule has 78 valence electrons. The number of rotatable bonds is 2. The maximum Gasteiger partial charge on any atom is 0.141 e. The second-order valence-electron chi connectivity index (χ2n) is 4.27. The highest BCUT2D eigenvalue weighted by Crippen LogP contribution is 2.22. The number of nitrogens with zero attached hydrogens (tertiary/aromatic N) is 2. The van der Waals surface area contributed by atoms with E-state index in [1.165, 1.54) is 0 Å². The van der Waals surface area contributed by atoms with E-state index in [2.05, 4.69) is 43.1 Å². The largest absolute Gasteiger partial charge is 0.370 e. The van der Waals surface area contributed by atoms with Gasteiger partial charge in [0.2, 0.25) is 0 Å². The summed E-state index contributed by atoms with van der Waals surface area (Å²) in [4.78, 5) is 6.24. The third kappa shape index (κ3) is 2.35. The van der Waals surface area contributed by atoms with Crippen LogP contribution in [0.5, 0.6) is 0 Å². The van der Waals surface area contributed by atoms with Gasteiger partial charge in [-0.05, 0) is 26.8 Å². The van der Waals surface area contributed by atoms with E-state index in [1.807, 2.05) is 12.1 Å². The molecule has 1 rings (SSSR count). The van der Waals surface area contributed by atoms with Gasteiger partial charge in [0, 0.05) is 30.5 Å². The molecule has 0 atom stereocenters. The summed E-state index contributed by atoms with van der Waals surface area (Å²) >= 11 is 0. The fourth-order valence-corrected chi connectivity index (χ4v) is 1.09. The van der Waals surface area contributed by atoms with Gasteiger partial charge >= 0.3 is 0 Å². The van der Waals surface area contributed by atoms with Crippen LogP contribution in [0, 0.1) is 0 Å². The lowest BCUT2D eigenvalue weighted by atomic mass is 10.1. The third-order valence-electron chi connectivity index (χ3n) is 2.28. The highest BCUT2D eigenvalue weighted by Gasteiger charge is 2.17. The molecular weight excluding hydrogens is 176 g/mol. The SMILES string of the molecule is CN(c1ccnc(NN)c1)C(C)(C)C. The lowest BCUT2D eigenvalue weighted by Gasteiger charge is -2.34. The molecule has 0 unspecified atom stereocenters. The zero-order valence-corrected chi connectivity index (χ0v) is 9.20. The van der Waals surface area contributed by atoms with Crippen LogP contribution in [0.1, 0.15) is 20.8 Å². The first-order valence-corrected chi connectivity index (χ1v) is 4.61. The van der Waals surface area contributed by atoms with Gasteiger partial charge in [0.05, 0.1) is 0 Å². The summed E-state index contributed by atoms with van der Waals surface area (Å²) in [7, 11) is 2.05. The van der Waals surface area contributed by atoms with E-state index in [0.717, 1.165) is 5.69 Å². The van der Waals surface area contributed by atoms with Gasteiger partial charge in [0.1, 0.15) is 5.82 Å². The van der Waals surface area contributed by atoms with Crippen molar-refractivity contribution >= 4 is 11.5 Å². The Morgan fingerprint density at radius 3 is 2.57 bits per heavy atom. The van der Waals surface area contributed by atoms with Gasteiger partial charge in [-0.15, -0.1) is 0 Å². The minimum atomic E-state index is 0.0905. The van der Waals surface area contributed by atoms with Crippen LogP contribution in [-0.4, -0.2) is 17.6 Å². The molecule has 3 N–H and O–H groups in total. The second-order valence-corrected chi connectivity index (χ2v) is 4.27. The normalized spacial score (nSPS) is 11.2. The zero-order chi connectivity index (χ0) is 10.8. The maximum atomic E-state index is 5.30. The molecule has 0 aliphatic rings. The Bertz CT molecular complexity index is 303. The third-order valence-corrected chi connectivity index (χ3v) is 2.28. The van der Waals surface area contributed by atoms with E-state index < -0.39 is 0 Å². The van der Waals surface area contributed by atoms with Gasteiger partial charge in [0.25, 0.3) is 0 Å². The number of anilines is 2. The van der Waals surface area contributed by atoms with Gasteiger partial charge in [-0.2, -0.15) is 0 Å². The van der Waals surface area contributed by atoms with Gasteiger partial charge < -0.3 is 10.3 Å². The Balaban J connectivity index is 2.95. The highest BCUT2D eigenvalue weighted by atomic mass is 15.3. The Kier molecular flexibility index (Phi) is 2.96. The number of nitrogen functional groups attached to an aromatic ring is 1. The first-order chi connectivity index (χ1) is 6.45. The Hall–Kier alpha value is -1.29. The van der Waals surface area contributed by atoms with Crippen molar-refractivity contribution in [3.63, 3.8) is 0 Å². The van der Waals surface area contributed by atoms with Crippen molar-refractivity contribution in [2.24, 2.45) is 5.84 Å². The number of aromatic nitrogens is 1. The molecule has 0 radical (unpaired) electrons. The van der Waals surface area contributed by atoms with Crippen molar-refractivity contribution in [2.45, 2.75) is 26.3 Å². The van der Waals surface area contributed by atoms with Crippen LogP contribution >= 0.6 is 0 Å². The molecule has 0 aliphatic heterocycles. The summed E-state index contributed by atoms with van der Waals surface area (Å²) in [6, 6.07) is 3.89. The molecule has 0 fully saturated rings. The van der Waals surface area contributed by atoms with Crippen molar-refractivity contribution in [2.75, 3.05) is 17.4 Å². The highest BCUT2D eigenvalue weighted by molar-refractivity contribution is 5.54. The van der Waals surface area contributed by atoms with E-state index in [-0.39, 0.29) is 5.54 Å². The van der Waals surface area contributed by atoms with Crippen molar-refractivity contribution < 1.29 is 0 Å². The quantitative estimate of drug-likeness (QED) is 0.554. The van der Waals surface area contributed by atoms with Gasteiger partial charge in [-0.1, -0.05) is 0 Å². The molecule has 4 nitrogen and oxygen atoms in total. The minimum Gasteiger partial charge on any atom is -0.370 e. The first-order valence-electron chi connectivity index (χ1n) is 4.61. The van der Waals surface area contributed by atoms with Crippen LogP contribution in [0.2, 0.25) is 0 Å². The predicted octanol–water partition coefficient (Wildman–Crippen LogP) is 1.60. The number of nitrogens with one attached hydrogen (secondary N) is 1. The molecule has 0 spiro atoms. The fraction of sp³-hybridized carbons (Fsp3) is 0.500. The topological polar surface area (TPSA) is 54.2 Å². The molecule has 0 saturated carbocycles. The van der Waals surface area contributed by atoms with Crippen LogP contribution in [-0.2, 0) is 0 Å². The lowest BCUT2D eigenvalue weighted by Crippen LogP contribution is -2.38. The van der Waals surface area contributed by atoms with E-state index in [4.69, 9.17) is 5.84 Å². The smallest absolute Gasteiger partial charge is 0.141 e. The number of hydrogen-bond acceptors (Lipinski definition) is 4. The summed E-state index contributed by atoms with van der Waals surface area (Å²) in [5.74, 6) is 5.98. The van der Waals surface area contributed by atoms with Gasteiger partial charge in [-0.3, -0.25) is 0 Å². The molecule has 0 bridgehead atoms. The first kappa shape index (κ1) is 10.8. The number of hydrazine groups is 1. The van der Waals surface area contributed by atoms with Crippen molar-refractivity contribution in [1.82, 2.24) is 4.98 Å². The van der Waals surface area contributed by atoms with E-state index in [1.54, 1.807) is 6.20 Å². The predicted molar refractivity (Wildman–Crippen MR) is 60.2 cm³/mol. The van der Waals surface area contributed by atoms with E-state index in [9.17, 15) is 0 Å². The molecule has 0 aromatic carbocycles. The molecular formula is C10H18N4. The molecule has 1 aromatic rings. The standard InChI is InChI=1S/C10H18N4/c1-10(2,3)14(4)8-5-6-12-9(7-8)13-11/h5-7H,11H2,1-4H3,(H,12,13). The molecule has 0 saturated heterocycles. The molecule has 1 aromatic heterocycles. The average molecular weight is 194 g/mol. The second kappa shape index (κ2) is 3.84. The zero-order valence-electron chi connectivity index (χ0n) is 9.20. The van der Waals surface area contributed by atoms with Gasteiger partial charge in [0.15, 0.2) is 0 Å². The molecule has 4 heteroatoms. The summed E-state index contributed by atoms with van der Waals surface area (Å²) in [5, 5.41) is 0. The van der Waals surface area contributed by atoms with Gasteiger partial charge in [-0.25, -0.2) is 10.8 Å². The summed E-state index contributed by atoms with van der Waals surface area (Å²) in [6.45, 7) is 6.47. The van der Waals surface area contributed by atoms with Crippen LogP contribution in [0.25, 0.3) is 0 Å². The Morgan fingerprint density at radius 2 is 2.07 bits per heavy atom. The van der Waals surface area contributed by atoms with E-state index in [0.29, 0.717) is 5.82 Å². The maximum absolute atomic E-state index is 5.30. The summed E-state index contributed by atoms with van der Waals surface area (Å²) in [5.41, 5.74) is 3.72. The molecule has 1 heterocycles. The minimum absolute atomic E-state index is 0.0905. The van der Waals surface area contributed by atoms with E-state index >= 15 is 0 Å². The van der Waals surface area contributed by atoms with Crippen molar-refractivity contribution in [3.05, 3.63) is 18.3 Å². The Morgan fingerprint density at radius 1 is 1.43 bits per heavy atom. The van der Waals surface area contributed by atoms with Crippen LogP contribution in [0.3, 0.4) is 0 Å². The summed E-state index contributed by atoms with van der Waals surface area (Å²) < 4.78 is 0. The molecule has 14 heavy (non-hydrogen) atoms.